The number of para-hydroxylation sites is 1. The third kappa shape index (κ3) is 2.14. The van der Waals surface area contributed by atoms with Crippen LogP contribution in [0.1, 0.15) is 27.0 Å². The van der Waals surface area contributed by atoms with Crippen LogP contribution in [-0.2, 0) is 25.9 Å². The average Bonchev–Trinajstić information content (AvgIpc) is 3.09. The normalized spacial score (nSPS) is 15.4. The summed E-state index contributed by atoms with van der Waals surface area (Å²) in [6.45, 7) is 1.90. The van der Waals surface area contributed by atoms with E-state index in [0.29, 0.717) is 25.2 Å². The van der Waals surface area contributed by atoms with E-state index in [1.165, 1.54) is 16.7 Å². The number of fused-ring (bicyclic) bond motifs is 1. The van der Waals surface area contributed by atoms with Crippen molar-refractivity contribution in [3.63, 3.8) is 0 Å². The molecule has 0 unspecified atom stereocenters. The van der Waals surface area contributed by atoms with E-state index < -0.39 is 0 Å². The molecule has 25 heavy (non-hydrogen) atoms. The van der Waals surface area contributed by atoms with Gasteiger partial charge in [0.05, 0.1) is 5.52 Å². The first kappa shape index (κ1) is 14.5. The Morgan fingerprint density at radius 2 is 1.64 bits per heavy atom. The molecule has 0 aliphatic carbocycles. The van der Waals surface area contributed by atoms with Crippen molar-refractivity contribution in [2.24, 2.45) is 0 Å². The maximum atomic E-state index is 13.1. The Bertz CT molecular complexity index is 1080. The predicted octanol–water partition coefficient (Wildman–Crippen LogP) is 2.76. The molecule has 4 nitrogen and oxygen atoms in total. The number of hydrogen-bond donors (Lipinski definition) is 0. The van der Waals surface area contributed by atoms with Crippen LogP contribution in [0.3, 0.4) is 0 Å². The van der Waals surface area contributed by atoms with Crippen LogP contribution >= 0.6 is 0 Å². The highest BCUT2D eigenvalue weighted by atomic mass is 16.2. The van der Waals surface area contributed by atoms with Crippen molar-refractivity contribution in [3.05, 3.63) is 81.1 Å². The third-order valence-corrected chi connectivity index (χ3v) is 5.45. The zero-order chi connectivity index (χ0) is 17.0. The fourth-order valence-electron chi connectivity index (χ4n) is 4.16. The largest absolute Gasteiger partial charge is 0.334 e. The highest BCUT2D eigenvalue weighted by Gasteiger charge is 2.26. The van der Waals surface area contributed by atoms with E-state index in [1.54, 1.807) is 15.5 Å². The fraction of sp³-hybridized carbons (Fsp3) is 0.238. The molecule has 0 bridgehead atoms. The minimum atomic E-state index is -0.152. The molecule has 0 saturated heterocycles. The second-order valence-corrected chi connectivity index (χ2v) is 6.87. The smallest absolute Gasteiger partial charge is 0.263 e. The monoisotopic (exact) mass is 330 g/mol. The molecule has 1 amide bonds. The van der Waals surface area contributed by atoms with Crippen LogP contribution in [0.5, 0.6) is 0 Å². The molecule has 0 atom stereocenters. The number of carbonyl (C=O) groups excluding carboxylic acids is 1. The molecule has 0 saturated carbocycles. The summed E-state index contributed by atoms with van der Waals surface area (Å²) >= 11 is 0. The minimum absolute atomic E-state index is 0.151. The van der Waals surface area contributed by atoms with Crippen LogP contribution in [-0.4, -0.2) is 21.9 Å². The number of benzene rings is 2. The number of hydrogen-bond acceptors (Lipinski definition) is 2. The average molecular weight is 330 g/mol. The van der Waals surface area contributed by atoms with Crippen LogP contribution in [0.2, 0.25) is 0 Å². The molecule has 124 valence electrons. The second kappa shape index (κ2) is 5.31. The van der Waals surface area contributed by atoms with Gasteiger partial charge < -0.3 is 9.47 Å². The summed E-state index contributed by atoms with van der Waals surface area (Å²) in [6.07, 6.45) is 1.70. The molecule has 4 heteroatoms. The zero-order valence-corrected chi connectivity index (χ0v) is 13.9. The van der Waals surface area contributed by atoms with Gasteiger partial charge in [-0.15, -0.1) is 0 Å². The zero-order valence-electron chi connectivity index (χ0n) is 13.9. The summed E-state index contributed by atoms with van der Waals surface area (Å²) in [5.41, 5.74) is 4.81. The first-order valence-electron chi connectivity index (χ1n) is 8.74. The van der Waals surface area contributed by atoms with Crippen molar-refractivity contribution in [1.82, 2.24) is 9.47 Å². The van der Waals surface area contributed by atoms with Gasteiger partial charge >= 0.3 is 0 Å². The summed E-state index contributed by atoms with van der Waals surface area (Å²) < 4.78 is 1.77. The first-order chi connectivity index (χ1) is 12.2. The Balaban J connectivity index is 1.58. The van der Waals surface area contributed by atoms with Crippen molar-refractivity contribution >= 4 is 16.8 Å². The highest BCUT2D eigenvalue weighted by Crippen LogP contribution is 2.25. The van der Waals surface area contributed by atoms with Gasteiger partial charge in [-0.1, -0.05) is 42.5 Å². The molecular weight excluding hydrogens is 312 g/mol. The van der Waals surface area contributed by atoms with Gasteiger partial charge in [-0.3, -0.25) is 9.59 Å². The number of rotatable bonds is 1. The standard InChI is InChI=1S/C21H18N2O2/c24-20(22-10-8-14-4-1-2-5-17(14)13-22)18-12-16-7-3-6-15-9-11-23(19(15)16)21(18)25/h1-7,12H,8-11,13H2. The summed E-state index contributed by atoms with van der Waals surface area (Å²) in [5, 5.41) is 0.982. The maximum absolute atomic E-state index is 13.1. The molecule has 5 rings (SSSR count). The topological polar surface area (TPSA) is 42.3 Å². The summed E-state index contributed by atoms with van der Waals surface area (Å²) in [7, 11) is 0. The predicted molar refractivity (Wildman–Crippen MR) is 96.8 cm³/mol. The molecule has 2 aromatic carbocycles. The third-order valence-electron chi connectivity index (χ3n) is 5.45. The van der Waals surface area contributed by atoms with E-state index in [0.717, 1.165) is 23.7 Å². The molecule has 0 fully saturated rings. The maximum Gasteiger partial charge on any atom is 0.263 e. The van der Waals surface area contributed by atoms with Gasteiger partial charge in [-0.2, -0.15) is 0 Å². The molecule has 0 radical (unpaired) electrons. The van der Waals surface area contributed by atoms with Gasteiger partial charge in [0.2, 0.25) is 0 Å². The Morgan fingerprint density at radius 1 is 0.880 bits per heavy atom. The minimum Gasteiger partial charge on any atom is -0.334 e. The van der Waals surface area contributed by atoms with Gasteiger partial charge in [0.1, 0.15) is 5.56 Å². The number of amides is 1. The molecule has 3 aromatic rings. The first-order valence-corrected chi connectivity index (χ1v) is 8.74. The van der Waals surface area contributed by atoms with Gasteiger partial charge in [-0.25, -0.2) is 0 Å². The highest BCUT2D eigenvalue weighted by molar-refractivity contribution is 5.98. The second-order valence-electron chi connectivity index (χ2n) is 6.87. The van der Waals surface area contributed by atoms with Gasteiger partial charge in [0, 0.05) is 19.6 Å². The number of aromatic nitrogens is 1. The van der Waals surface area contributed by atoms with E-state index in [1.807, 2.05) is 24.3 Å². The fourth-order valence-corrected chi connectivity index (χ4v) is 4.16. The van der Waals surface area contributed by atoms with E-state index in [-0.39, 0.29) is 11.5 Å². The van der Waals surface area contributed by atoms with Crippen molar-refractivity contribution < 1.29 is 4.79 Å². The van der Waals surface area contributed by atoms with Crippen molar-refractivity contribution in [3.8, 4) is 0 Å². The quantitative estimate of drug-likeness (QED) is 0.688. The SMILES string of the molecule is O=C(c1cc2cccc3c2n(c1=O)CC3)N1CCc2ccccc2C1. The molecule has 2 aliphatic heterocycles. The van der Waals surface area contributed by atoms with Gasteiger partial charge in [-0.05, 0) is 41.0 Å². The van der Waals surface area contributed by atoms with E-state index >= 15 is 0 Å². The number of carbonyl (C=O) groups is 1. The molecular formula is C21H18N2O2. The van der Waals surface area contributed by atoms with E-state index in [4.69, 9.17) is 0 Å². The lowest BCUT2D eigenvalue weighted by Gasteiger charge is -2.29. The lowest BCUT2D eigenvalue weighted by atomic mass is 9.99. The van der Waals surface area contributed by atoms with Crippen molar-refractivity contribution in [2.75, 3.05) is 6.54 Å². The molecule has 1 aromatic heterocycles. The van der Waals surface area contributed by atoms with Crippen molar-refractivity contribution in [1.29, 1.82) is 0 Å². The van der Waals surface area contributed by atoms with Crippen LogP contribution in [0.4, 0.5) is 0 Å². The van der Waals surface area contributed by atoms with Crippen LogP contribution in [0, 0.1) is 0 Å². The van der Waals surface area contributed by atoms with Crippen LogP contribution in [0.15, 0.2) is 53.3 Å². The van der Waals surface area contributed by atoms with Crippen LogP contribution < -0.4 is 5.56 Å². The number of pyridine rings is 1. The van der Waals surface area contributed by atoms with Crippen LogP contribution in [0.25, 0.3) is 10.9 Å². The number of nitrogens with zero attached hydrogens (tertiary/aromatic N) is 2. The molecule has 2 aliphatic rings. The van der Waals surface area contributed by atoms with E-state index in [9.17, 15) is 9.59 Å². The van der Waals surface area contributed by atoms with Gasteiger partial charge in [0.15, 0.2) is 0 Å². The summed E-state index contributed by atoms with van der Waals surface area (Å²) in [6, 6.07) is 16.1. The summed E-state index contributed by atoms with van der Waals surface area (Å²) in [4.78, 5) is 27.8. The Morgan fingerprint density at radius 3 is 2.52 bits per heavy atom. The Hall–Kier alpha value is -2.88. The summed E-state index contributed by atoms with van der Waals surface area (Å²) in [5.74, 6) is -0.151. The number of aryl methyl sites for hydroxylation is 2. The van der Waals surface area contributed by atoms with Gasteiger partial charge in [0.25, 0.3) is 11.5 Å². The molecule has 0 N–H and O–H groups in total. The Labute approximate surface area is 145 Å². The lowest BCUT2D eigenvalue weighted by Crippen LogP contribution is -2.39. The molecule has 0 spiro atoms. The lowest BCUT2D eigenvalue weighted by molar-refractivity contribution is 0.0732. The molecule has 3 heterocycles. The van der Waals surface area contributed by atoms with E-state index in [2.05, 4.69) is 18.2 Å². The van der Waals surface area contributed by atoms with Crippen molar-refractivity contribution in [2.45, 2.75) is 25.9 Å². The Kier molecular flexibility index (Phi) is 3.07.